The Balaban J connectivity index is 1.47. The van der Waals surface area contributed by atoms with E-state index in [4.69, 9.17) is 17.0 Å². The molecule has 0 aliphatic carbocycles. The second-order valence-electron chi connectivity index (χ2n) is 9.03. The van der Waals surface area contributed by atoms with Gasteiger partial charge in [0, 0.05) is 36.2 Å². The Bertz CT molecular complexity index is 1440. The van der Waals surface area contributed by atoms with E-state index in [1.165, 1.54) is 6.07 Å². The topological polar surface area (TPSA) is 71.4 Å². The first kappa shape index (κ1) is 25.4. The molecule has 2 aromatic carbocycles. The average Bonchev–Trinajstić information content (AvgIpc) is 3.48. The minimum Gasteiger partial charge on any atom is -0.497 e. The third-order valence-corrected chi connectivity index (χ3v) is 7.02. The predicted octanol–water partition coefficient (Wildman–Crippen LogP) is 5.33. The number of thiocarbonyl (C=S) groups is 1. The van der Waals surface area contributed by atoms with Gasteiger partial charge in [-0.15, -0.1) is 0 Å². The number of methoxy groups -OCH3 is 1. The number of ether oxygens (including phenoxy) is 1. The summed E-state index contributed by atoms with van der Waals surface area (Å²) >= 11 is 5.77. The first-order chi connectivity index (χ1) is 18.5. The summed E-state index contributed by atoms with van der Waals surface area (Å²) in [6, 6.07) is 23.5. The Hall–Kier alpha value is -4.24. The Kier molecular flexibility index (Phi) is 7.37. The van der Waals surface area contributed by atoms with Crippen LogP contribution in [0.1, 0.15) is 35.6 Å². The number of benzene rings is 2. The molecule has 1 aliphatic heterocycles. The van der Waals surface area contributed by atoms with E-state index in [2.05, 4.69) is 39.2 Å². The quantitative estimate of drug-likeness (QED) is 0.301. The zero-order chi connectivity index (χ0) is 26.6. The van der Waals surface area contributed by atoms with Gasteiger partial charge >= 0.3 is 0 Å². The minimum atomic E-state index is -0.472. The molecule has 2 atom stereocenters. The van der Waals surface area contributed by atoms with E-state index in [-0.39, 0.29) is 30.1 Å². The van der Waals surface area contributed by atoms with Crippen LogP contribution in [0, 0.1) is 12.7 Å². The SMILES string of the molecule is COc1ccc(-n2c(C)ccc2[C@H]2[C@@H](c3ccccn3)NC(=S)N2CCC(=O)Nc2ccccc2F)cc1. The van der Waals surface area contributed by atoms with Crippen molar-refractivity contribution < 1.29 is 13.9 Å². The molecule has 4 aromatic rings. The highest BCUT2D eigenvalue weighted by Crippen LogP contribution is 2.40. The molecule has 2 aromatic heterocycles. The number of anilines is 1. The van der Waals surface area contributed by atoms with Gasteiger partial charge in [0.1, 0.15) is 11.6 Å². The average molecular weight is 530 g/mol. The lowest BCUT2D eigenvalue weighted by Gasteiger charge is -2.29. The molecule has 1 aliphatic rings. The monoisotopic (exact) mass is 529 g/mol. The lowest BCUT2D eigenvalue weighted by atomic mass is 10.0. The molecule has 0 bridgehead atoms. The molecular formula is C29H28FN5O2S. The van der Waals surface area contributed by atoms with Crippen LogP contribution in [0.2, 0.25) is 0 Å². The van der Waals surface area contributed by atoms with Gasteiger partial charge in [-0.05, 0) is 79.8 Å². The fourth-order valence-corrected chi connectivity index (χ4v) is 5.17. The molecule has 2 N–H and O–H groups in total. The van der Waals surface area contributed by atoms with Gasteiger partial charge in [0.25, 0.3) is 0 Å². The van der Waals surface area contributed by atoms with Crippen molar-refractivity contribution in [2.24, 2.45) is 0 Å². The second-order valence-corrected chi connectivity index (χ2v) is 9.42. The number of pyridine rings is 1. The highest BCUT2D eigenvalue weighted by molar-refractivity contribution is 7.80. The van der Waals surface area contributed by atoms with Gasteiger partial charge in [-0.1, -0.05) is 18.2 Å². The van der Waals surface area contributed by atoms with Gasteiger partial charge in [-0.25, -0.2) is 4.39 Å². The number of amides is 1. The number of aromatic nitrogens is 2. The number of aryl methyl sites for hydroxylation is 1. The zero-order valence-electron chi connectivity index (χ0n) is 21.1. The fourth-order valence-electron chi connectivity index (χ4n) is 4.84. The number of carbonyl (C=O) groups is 1. The van der Waals surface area contributed by atoms with Crippen LogP contribution in [-0.2, 0) is 4.79 Å². The molecule has 1 amide bonds. The van der Waals surface area contributed by atoms with E-state index in [0.717, 1.165) is 28.5 Å². The molecular weight excluding hydrogens is 501 g/mol. The number of rotatable bonds is 8. The molecule has 194 valence electrons. The first-order valence-electron chi connectivity index (χ1n) is 12.3. The molecule has 0 spiro atoms. The number of para-hydroxylation sites is 1. The maximum atomic E-state index is 14.1. The summed E-state index contributed by atoms with van der Waals surface area (Å²) in [4.78, 5) is 19.4. The molecule has 0 saturated carbocycles. The van der Waals surface area contributed by atoms with Crippen molar-refractivity contribution in [3.63, 3.8) is 0 Å². The second kappa shape index (κ2) is 11.0. The number of halogens is 1. The van der Waals surface area contributed by atoms with Gasteiger partial charge < -0.3 is 24.8 Å². The number of carbonyl (C=O) groups excluding carboxylic acids is 1. The van der Waals surface area contributed by atoms with E-state index in [1.807, 2.05) is 47.4 Å². The van der Waals surface area contributed by atoms with Crippen molar-refractivity contribution in [1.82, 2.24) is 19.8 Å². The molecule has 1 fully saturated rings. The van der Waals surface area contributed by atoms with Crippen molar-refractivity contribution in [3.8, 4) is 11.4 Å². The van der Waals surface area contributed by atoms with Crippen LogP contribution >= 0.6 is 12.2 Å². The Morgan fingerprint density at radius 3 is 2.55 bits per heavy atom. The summed E-state index contributed by atoms with van der Waals surface area (Å²) in [5, 5.41) is 6.62. The summed E-state index contributed by atoms with van der Waals surface area (Å²) < 4.78 is 21.6. The number of hydrogen-bond donors (Lipinski definition) is 2. The highest BCUT2D eigenvalue weighted by atomic mass is 32.1. The van der Waals surface area contributed by atoms with Gasteiger partial charge in [0.15, 0.2) is 5.11 Å². The van der Waals surface area contributed by atoms with E-state index in [0.29, 0.717) is 11.7 Å². The van der Waals surface area contributed by atoms with Crippen molar-refractivity contribution in [1.29, 1.82) is 0 Å². The van der Waals surface area contributed by atoms with Crippen LogP contribution in [0.5, 0.6) is 5.75 Å². The van der Waals surface area contributed by atoms with Gasteiger partial charge in [-0.2, -0.15) is 0 Å². The van der Waals surface area contributed by atoms with Crippen molar-refractivity contribution >= 4 is 28.9 Å². The lowest BCUT2D eigenvalue weighted by Crippen LogP contribution is -2.33. The summed E-state index contributed by atoms with van der Waals surface area (Å²) in [6.45, 7) is 2.39. The van der Waals surface area contributed by atoms with Crippen LogP contribution in [0.4, 0.5) is 10.1 Å². The van der Waals surface area contributed by atoms with Crippen LogP contribution < -0.4 is 15.4 Å². The minimum absolute atomic E-state index is 0.129. The normalized spacial score (nSPS) is 16.8. The summed E-state index contributed by atoms with van der Waals surface area (Å²) in [5.41, 5.74) is 4.05. The summed E-state index contributed by atoms with van der Waals surface area (Å²) in [5.74, 6) is 0.0115. The van der Waals surface area contributed by atoms with Crippen molar-refractivity contribution in [2.75, 3.05) is 19.0 Å². The molecule has 38 heavy (non-hydrogen) atoms. The summed E-state index contributed by atoms with van der Waals surface area (Å²) in [6.07, 6.45) is 1.89. The van der Waals surface area contributed by atoms with Crippen molar-refractivity contribution in [3.05, 3.63) is 108 Å². The first-order valence-corrected chi connectivity index (χ1v) is 12.7. The van der Waals surface area contributed by atoms with Crippen LogP contribution in [-0.4, -0.2) is 39.1 Å². The van der Waals surface area contributed by atoms with Gasteiger partial charge in [-0.3, -0.25) is 9.78 Å². The predicted molar refractivity (Wildman–Crippen MR) is 149 cm³/mol. The maximum absolute atomic E-state index is 14.1. The Morgan fingerprint density at radius 1 is 1.08 bits per heavy atom. The number of nitrogens with one attached hydrogen (secondary N) is 2. The van der Waals surface area contributed by atoms with Crippen LogP contribution in [0.25, 0.3) is 5.69 Å². The van der Waals surface area contributed by atoms with E-state index >= 15 is 0 Å². The molecule has 3 heterocycles. The zero-order valence-corrected chi connectivity index (χ0v) is 21.9. The van der Waals surface area contributed by atoms with Gasteiger partial charge in [0.05, 0.1) is 30.6 Å². The number of hydrogen-bond acceptors (Lipinski definition) is 4. The third kappa shape index (κ3) is 5.10. The van der Waals surface area contributed by atoms with Gasteiger partial charge in [0.2, 0.25) is 5.91 Å². The molecule has 1 saturated heterocycles. The van der Waals surface area contributed by atoms with E-state index in [1.54, 1.807) is 31.5 Å². The maximum Gasteiger partial charge on any atom is 0.226 e. The molecule has 0 radical (unpaired) electrons. The third-order valence-electron chi connectivity index (χ3n) is 6.67. The fraction of sp³-hybridized carbons (Fsp3) is 0.207. The van der Waals surface area contributed by atoms with E-state index in [9.17, 15) is 9.18 Å². The Morgan fingerprint density at radius 2 is 1.84 bits per heavy atom. The standard InChI is InChI=1S/C29H28FN5O2S/c1-19-10-15-25(35(19)20-11-13-21(37-2)14-12-20)28-27(24-9-5-6-17-31-24)33-29(38)34(28)18-16-26(36)32-23-8-4-3-7-22(23)30/h3-15,17,27-28H,16,18H2,1-2H3,(H,32,36)(H,33,38)/t27-,28+/m1/s1. The highest BCUT2D eigenvalue weighted by Gasteiger charge is 2.41. The molecule has 5 rings (SSSR count). The van der Waals surface area contributed by atoms with Crippen molar-refractivity contribution in [2.45, 2.75) is 25.4 Å². The smallest absolute Gasteiger partial charge is 0.226 e. The van der Waals surface area contributed by atoms with Crippen LogP contribution in [0.15, 0.2) is 85.1 Å². The largest absolute Gasteiger partial charge is 0.497 e. The molecule has 9 heteroatoms. The summed E-state index contributed by atoms with van der Waals surface area (Å²) in [7, 11) is 1.64. The van der Waals surface area contributed by atoms with E-state index < -0.39 is 5.82 Å². The molecule has 0 unspecified atom stereocenters. The Labute approximate surface area is 226 Å². The molecule has 7 nitrogen and oxygen atoms in total. The number of nitrogens with zero attached hydrogens (tertiary/aromatic N) is 3. The lowest BCUT2D eigenvalue weighted by molar-refractivity contribution is -0.116. The van der Waals surface area contributed by atoms with Crippen LogP contribution in [0.3, 0.4) is 0 Å².